The number of thiophene rings is 1. The number of hydrogen-bond donors (Lipinski definition) is 1. The molecular formula is C8H11ClO2S. The Morgan fingerprint density at radius 1 is 1.58 bits per heavy atom. The molecule has 1 rings (SSSR count). The number of hydrogen-bond acceptors (Lipinski definition) is 2. The summed E-state index contributed by atoms with van der Waals surface area (Å²) in [7, 11) is 0. The average molecular weight is 207 g/mol. The topological polar surface area (TPSA) is 37.3 Å². The molecule has 0 aromatic carbocycles. The van der Waals surface area contributed by atoms with E-state index in [4.69, 9.17) is 5.11 Å². The van der Waals surface area contributed by atoms with Gasteiger partial charge >= 0.3 is 5.97 Å². The maximum Gasteiger partial charge on any atom is 0.314 e. The van der Waals surface area contributed by atoms with Crippen LogP contribution in [0.5, 0.6) is 0 Å². The summed E-state index contributed by atoms with van der Waals surface area (Å²) in [4.78, 5) is 11.6. The van der Waals surface area contributed by atoms with E-state index in [1.165, 1.54) is 11.3 Å². The van der Waals surface area contributed by atoms with Gasteiger partial charge in [0.1, 0.15) is 0 Å². The molecule has 0 saturated heterocycles. The highest BCUT2D eigenvalue weighted by Crippen LogP contribution is 2.27. The van der Waals surface area contributed by atoms with Gasteiger partial charge in [-0.3, -0.25) is 4.79 Å². The van der Waals surface area contributed by atoms with E-state index < -0.39 is 11.4 Å². The Balaban J connectivity index is 0.00000121. The summed E-state index contributed by atoms with van der Waals surface area (Å²) in [6.07, 6.45) is 0. The molecule has 0 bridgehead atoms. The minimum atomic E-state index is -0.778. The van der Waals surface area contributed by atoms with Crippen LogP contribution in [0.3, 0.4) is 0 Å². The van der Waals surface area contributed by atoms with Crippen LogP contribution >= 0.6 is 23.7 Å². The molecule has 1 aromatic rings. The molecule has 0 aliphatic heterocycles. The number of carbonyl (C=O) groups is 1. The molecular weight excluding hydrogens is 196 g/mol. The molecule has 1 aromatic heterocycles. The Bertz CT molecular complexity index is 254. The summed E-state index contributed by atoms with van der Waals surface area (Å²) in [6, 6.07) is 3.71. The molecule has 0 aliphatic rings. The number of carboxylic acids is 1. The first-order valence-corrected chi connectivity index (χ1v) is 4.20. The summed E-state index contributed by atoms with van der Waals surface area (Å²) in [5.74, 6) is -0.778. The van der Waals surface area contributed by atoms with Gasteiger partial charge in [0.15, 0.2) is 0 Å². The monoisotopic (exact) mass is 206 g/mol. The molecule has 1 heterocycles. The minimum absolute atomic E-state index is 0. The molecule has 0 aliphatic carbocycles. The first-order valence-electron chi connectivity index (χ1n) is 3.32. The van der Waals surface area contributed by atoms with Gasteiger partial charge in [-0.2, -0.15) is 0 Å². The Morgan fingerprint density at radius 3 is 2.50 bits per heavy atom. The molecule has 4 heteroatoms. The van der Waals surface area contributed by atoms with Crippen LogP contribution in [0.4, 0.5) is 0 Å². The van der Waals surface area contributed by atoms with E-state index in [2.05, 4.69) is 0 Å². The zero-order chi connectivity index (χ0) is 8.48. The van der Waals surface area contributed by atoms with Crippen LogP contribution in [0.2, 0.25) is 0 Å². The average Bonchev–Trinajstić information content (AvgIpc) is 2.37. The lowest BCUT2D eigenvalue weighted by atomic mass is 9.92. The van der Waals surface area contributed by atoms with Crippen molar-refractivity contribution in [1.82, 2.24) is 0 Å². The molecule has 0 saturated carbocycles. The highest BCUT2D eigenvalue weighted by Gasteiger charge is 2.29. The predicted molar refractivity (Wildman–Crippen MR) is 52.2 cm³/mol. The highest BCUT2D eigenvalue weighted by atomic mass is 35.5. The second-order valence-electron chi connectivity index (χ2n) is 2.91. The molecule has 0 radical (unpaired) electrons. The van der Waals surface area contributed by atoms with Gasteiger partial charge in [-0.25, -0.2) is 0 Å². The van der Waals surface area contributed by atoms with Gasteiger partial charge in [0.25, 0.3) is 0 Å². The summed E-state index contributed by atoms with van der Waals surface area (Å²) < 4.78 is 0. The molecule has 2 nitrogen and oxygen atoms in total. The van der Waals surface area contributed by atoms with Crippen LogP contribution in [-0.2, 0) is 10.2 Å². The van der Waals surface area contributed by atoms with Gasteiger partial charge in [-0.15, -0.1) is 23.7 Å². The van der Waals surface area contributed by atoms with E-state index >= 15 is 0 Å². The Labute approximate surface area is 81.6 Å². The van der Waals surface area contributed by atoms with Crippen molar-refractivity contribution in [3.63, 3.8) is 0 Å². The number of halogens is 1. The van der Waals surface area contributed by atoms with E-state index in [0.29, 0.717) is 0 Å². The summed E-state index contributed by atoms with van der Waals surface area (Å²) in [5, 5.41) is 10.7. The summed E-state index contributed by atoms with van der Waals surface area (Å²) >= 11 is 1.48. The van der Waals surface area contributed by atoms with Crippen LogP contribution in [0.25, 0.3) is 0 Å². The minimum Gasteiger partial charge on any atom is -0.481 e. The van der Waals surface area contributed by atoms with E-state index in [-0.39, 0.29) is 12.4 Å². The number of carboxylic acid groups (broad SMARTS) is 1. The largest absolute Gasteiger partial charge is 0.481 e. The van der Waals surface area contributed by atoms with Crippen LogP contribution in [-0.4, -0.2) is 11.1 Å². The van der Waals surface area contributed by atoms with E-state index in [9.17, 15) is 4.79 Å². The van der Waals surface area contributed by atoms with Gasteiger partial charge in [0.05, 0.1) is 5.41 Å². The fraction of sp³-hybridized carbons (Fsp3) is 0.375. The lowest BCUT2D eigenvalue weighted by molar-refractivity contribution is -0.142. The molecule has 0 fully saturated rings. The van der Waals surface area contributed by atoms with Gasteiger partial charge < -0.3 is 5.11 Å². The van der Waals surface area contributed by atoms with Gasteiger partial charge in [-0.05, 0) is 25.3 Å². The van der Waals surface area contributed by atoms with E-state index in [0.717, 1.165) is 4.88 Å². The van der Waals surface area contributed by atoms with E-state index in [1.54, 1.807) is 13.8 Å². The van der Waals surface area contributed by atoms with Crippen molar-refractivity contribution >= 4 is 29.7 Å². The van der Waals surface area contributed by atoms with Crippen molar-refractivity contribution in [2.24, 2.45) is 0 Å². The van der Waals surface area contributed by atoms with E-state index in [1.807, 2.05) is 17.5 Å². The summed E-state index contributed by atoms with van der Waals surface area (Å²) in [5.41, 5.74) is -0.742. The fourth-order valence-corrected chi connectivity index (χ4v) is 1.58. The third kappa shape index (κ3) is 1.99. The number of rotatable bonds is 2. The first-order chi connectivity index (χ1) is 5.05. The zero-order valence-electron chi connectivity index (χ0n) is 6.90. The molecule has 0 spiro atoms. The van der Waals surface area contributed by atoms with Crippen molar-refractivity contribution < 1.29 is 9.90 Å². The maximum absolute atomic E-state index is 10.7. The van der Waals surface area contributed by atoms with Crippen LogP contribution in [0.15, 0.2) is 17.5 Å². The van der Waals surface area contributed by atoms with Crippen molar-refractivity contribution in [3.8, 4) is 0 Å². The predicted octanol–water partition coefficient (Wildman–Crippen LogP) is 2.53. The molecule has 68 valence electrons. The second kappa shape index (κ2) is 3.92. The van der Waals surface area contributed by atoms with Crippen molar-refractivity contribution in [1.29, 1.82) is 0 Å². The summed E-state index contributed by atoms with van der Waals surface area (Å²) in [6.45, 7) is 3.42. The lowest BCUT2D eigenvalue weighted by Gasteiger charge is -2.16. The highest BCUT2D eigenvalue weighted by molar-refractivity contribution is 7.10. The van der Waals surface area contributed by atoms with Crippen molar-refractivity contribution in [2.45, 2.75) is 19.3 Å². The maximum atomic E-state index is 10.7. The lowest BCUT2D eigenvalue weighted by Crippen LogP contribution is -2.27. The van der Waals surface area contributed by atoms with Crippen LogP contribution in [0, 0.1) is 0 Å². The van der Waals surface area contributed by atoms with Crippen LogP contribution in [0.1, 0.15) is 18.7 Å². The van der Waals surface area contributed by atoms with Gasteiger partial charge in [0, 0.05) is 4.88 Å². The Morgan fingerprint density at radius 2 is 2.17 bits per heavy atom. The zero-order valence-corrected chi connectivity index (χ0v) is 8.54. The molecule has 0 amide bonds. The number of aliphatic carboxylic acids is 1. The molecule has 0 unspecified atom stereocenters. The third-order valence-corrected chi connectivity index (χ3v) is 2.87. The normalized spacial score (nSPS) is 10.5. The van der Waals surface area contributed by atoms with Crippen LogP contribution < -0.4 is 0 Å². The Hall–Kier alpha value is -0.540. The second-order valence-corrected chi connectivity index (χ2v) is 3.86. The smallest absolute Gasteiger partial charge is 0.314 e. The molecule has 0 atom stereocenters. The SMILES string of the molecule is CC(C)(C(=O)O)c1cccs1.Cl. The third-order valence-electron chi connectivity index (χ3n) is 1.67. The van der Waals surface area contributed by atoms with Crippen molar-refractivity contribution in [3.05, 3.63) is 22.4 Å². The Kier molecular flexibility index (Phi) is 3.74. The quantitative estimate of drug-likeness (QED) is 0.808. The first kappa shape index (κ1) is 11.5. The van der Waals surface area contributed by atoms with Gasteiger partial charge in [-0.1, -0.05) is 6.07 Å². The molecule has 1 N–H and O–H groups in total. The molecule has 12 heavy (non-hydrogen) atoms. The fourth-order valence-electron chi connectivity index (χ4n) is 0.740. The van der Waals surface area contributed by atoms with Gasteiger partial charge in [0.2, 0.25) is 0 Å². The standard InChI is InChI=1S/C8H10O2S.ClH/c1-8(2,7(9)10)6-4-3-5-11-6;/h3-5H,1-2H3,(H,9,10);1H. The van der Waals surface area contributed by atoms with Crippen molar-refractivity contribution in [2.75, 3.05) is 0 Å².